The maximum Gasteiger partial charge on any atom is 0.305 e. The number of carbonyl (C=O) groups is 1. The molecule has 1 rings (SSSR count). The number of rotatable bonds is 14. The lowest BCUT2D eigenvalue weighted by molar-refractivity contribution is -0.539. The van der Waals surface area contributed by atoms with E-state index in [1.807, 2.05) is 6.08 Å². The van der Waals surface area contributed by atoms with E-state index in [-0.39, 0.29) is 22.7 Å². The molecule has 28 heavy (non-hydrogen) atoms. The van der Waals surface area contributed by atoms with Crippen LogP contribution in [0.2, 0.25) is 0 Å². The van der Waals surface area contributed by atoms with Crippen LogP contribution in [0.1, 0.15) is 77.6 Å². The Kier molecular flexibility index (Phi) is 12.0. The minimum absolute atomic E-state index is 0.0821. The molecule has 0 radical (unpaired) electrons. The summed E-state index contributed by atoms with van der Waals surface area (Å²) in [5.41, 5.74) is 0. The first-order valence-corrected chi connectivity index (χ1v) is 10.6. The second kappa shape index (κ2) is 13.7. The summed E-state index contributed by atoms with van der Waals surface area (Å²) < 4.78 is 4.61. The molecule has 1 saturated carbocycles. The van der Waals surface area contributed by atoms with Crippen LogP contribution in [0.15, 0.2) is 12.2 Å². The van der Waals surface area contributed by atoms with Crippen molar-refractivity contribution in [3.8, 4) is 0 Å². The van der Waals surface area contributed by atoms with Gasteiger partial charge in [0.2, 0.25) is 6.04 Å². The third kappa shape index (κ3) is 8.69. The van der Waals surface area contributed by atoms with Gasteiger partial charge in [0.1, 0.15) is 6.10 Å². The molecule has 1 fully saturated rings. The summed E-state index contributed by atoms with van der Waals surface area (Å²) in [5, 5.41) is 31.7. The average molecular weight is 400 g/mol. The number of allylic oxidation sites excluding steroid dienone is 1. The normalized spacial score (nSPS) is 25.9. The van der Waals surface area contributed by atoms with Gasteiger partial charge in [0, 0.05) is 17.3 Å². The highest BCUT2D eigenvalue weighted by molar-refractivity contribution is 5.68. The molecule has 0 amide bonds. The Morgan fingerprint density at radius 2 is 1.96 bits per heavy atom. The smallest absolute Gasteiger partial charge is 0.305 e. The molecule has 5 atom stereocenters. The molecular weight excluding hydrogens is 362 g/mol. The van der Waals surface area contributed by atoms with Gasteiger partial charge in [0.25, 0.3) is 0 Å². The van der Waals surface area contributed by atoms with Gasteiger partial charge in [-0.1, -0.05) is 57.6 Å². The second-order valence-electron chi connectivity index (χ2n) is 7.88. The van der Waals surface area contributed by atoms with Gasteiger partial charge in [-0.2, -0.15) is 0 Å². The van der Waals surface area contributed by atoms with E-state index in [1.165, 1.54) is 7.11 Å². The van der Waals surface area contributed by atoms with E-state index in [4.69, 9.17) is 0 Å². The van der Waals surface area contributed by atoms with Gasteiger partial charge in [-0.25, -0.2) is 0 Å². The lowest BCUT2D eigenvalue weighted by Gasteiger charge is -2.18. The Hall–Kier alpha value is -1.47. The summed E-state index contributed by atoms with van der Waals surface area (Å²) in [6.07, 6.45) is 10.8. The zero-order valence-electron chi connectivity index (χ0n) is 17.3. The largest absolute Gasteiger partial charge is 0.469 e. The molecule has 0 bridgehead atoms. The summed E-state index contributed by atoms with van der Waals surface area (Å²) in [7, 11) is 1.37. The zero-order chi connectivity index (χ0) is 20.9. The van der Waals surface area contributed by atoms with Crippen molar-refractivity contribution in [3.05, 3.63) is 22.3 Å². The van der Waals surface area contributed by atoms with Crippen LogP contribution >= 0.6 is 0 Å². The molecule has 0 saturated heterocycles. The van der Waals surface area contributed by atoms with Crippen LogP contribution in [0.25, 0.3) is 0 Å². The van der Waals surface area contributed by atoms with Crippen LogP contribution in [-0.2, 0) is 9.53 Å². The quantitative estimate of drug-likeness (QED) is 0.152. The molecule has 0 spiro atoms. The molecule has 0 aromatic heterocycles. The first-order chi connectivity index (χ1) is 13.4. The molecule has 2 unspecified atom stereocenters. The van der Waals surface area contributed by atoms with Crippen LogP contribution < -0.4 is 0 Å². The first kappa shape index (κ1) is 24.6. The van der Waals surface area contributed by atoms with Crippen molar-refractivity contribution in [2.24, 2.45) is 11.8 Å². The maximum absolute atomic E-state index is 11.4. The van der Waals surface area contributed by atoms with Crippen molar-refractivity contribution in [1.29, 1.82) is 0 Å². The molecule has 2 N–H and O–H groups in total. The highest BCUT2D eigenvalue weighted by Crippen LogP contribution is 2.38. The van der Waals surface area contributed by atoms with Crippen LogP contribution in [0.3, 0.4) is 0 Å². The number of nitro groups is 1. The van der Waals surface area contributed by atoms with Crippen molar-refractivity contribution in [1.82, 2.24) is 0 Å². The number of aliphatic hydroxyl groups excluding tert-OH is 2. The Balaban J connectivity index is 2.52. The first-order valence-electron chi connectivity index (χ1n) is 10.6. The SMILES string of the molecule is CCCCC[C@H](O)C=C[C@H]1CC(O)C([N+](=O)[O-])[C@H]1CCCCCCC(=O)OC. The molecule has 1 aliphatic rings. The Morgan fingerprint density at radius 3 is 2.61 bits per heavy atom. The highest BCUT2D eigenvalue weighted by Gasteiger charge is 2.48. The third-order valence-corrected chi connectivity index (χ3v) is 5.72. The van der Waals surface area contributed by atoms with Crippen LogP contribution in [-0.4, -0.2) is 46.5 Å². The fourth-order valence-corrected chi connectivity index (χ4v) is 4.11. The molecule has 0 aliphatic heterocycles. The van der Waals surface area contributed by atoms with Gasteiger partial charge < -0.3 is 14.9 Å². The molecule has 1 aliphatic carbocycles. The molecule has 0 heterocycles. The Morgan fingerprint density at radius 1 is 1.25 bits per heavy atom. The number of nitrogens with zero attached hydrogens (tertiary/aromatic N) is 1. The monoisotopic (exact) mass is 399 g/mol. The summed E-state index contributed by atoms with van der Waals surface area (Å²) >= 11 is 0. The standard InChI is InChI=1S/C21H37NO6/c1-3-4-7-10-17(23)14-13-16-15-19(24)21(22(26)27)18(16)11-8-5-6-9-12-20(25)28-2/h13-14,16-19,21,23-24H,3-12,15H2,1-2H3/t16-,17-,18-,19?,21?/m0/s1. The predicted molar refractivity (Wildman–Crippen MR) is 107 cm³/mol. The summed E-state index contributed by atoms with van der Waals surface area (Å²) in [6.45, 7) is 2.11. The van der Waals surface area contributed by atoms with Crippen molar-refractivity contribution < 1.29 is 24.7 Å². The van der Waals surface area contributed by atoms with E-state index in [0.29, 0.717) is 25.7 Å². The van der Waals surface area contributed by atoms with E-state index in [9.17, 15) is 25.1 Å². The zero-order valence-corrected chi connectivity index (χ0v) is 17.3. The molecular formula is C21H37NO6. The summed E-state index contributed by atoms with van der Waals surface area (Å²) in [4.78, 5) is 22.2. The van der Waals surface area contributed by atoms with Crippen molar-refractivity contribution in [3.63, 3.8) is 0 Å². The Bertz CT molecular complexity index is 495. The van der Waals surface area contributed by atoms with E-state index >= 15 is 0 Å². The van der Waals surface area contributed by atoms with Crippen molar-refractivity contribution >= 4 is 5.97 Å². The van der Waals surface area contributed by atoms with Gasteiger partial charge in [-0.15, -0.1) is 0 Å². The van der Waals surface area contributed by atoms with Crippen LogP contribution in [0.5, 0.6) is 0 Å². The number of carbonyl (C=O) groups excluding carboxylic acids is 1. The van der Waals surface area contributed by atoms with Gasteiger partial charge in [-0.05, 0) is 31.6 Å². The minimum atomic E-state index is -0.943. The molecule has 7 nitrogen and oxygen atoms in total. The lowest BCUT2D eigenvalue weighted by atomic mass is 9.87. The lowest BCUT2D eigenvalue weighted by Crippen LogP contribution is -2.34. The number of unbranched alkanes of at least 4 members (excludes halogenated alkanes) is 5. The van der Waals surface area contributed by atoms with E-state index in [0.717, 1.165) is 44.9 Å². The van der Waals surface area contributed by atoms with Crippen molar-refractivity contribution in [2.75, 3.05) is 7.11 Å². The van der Waals surface area contributed by atoms with Gasteiger partial charge in [-0.3, -0.25) is 14.9 Å². The summed E-state index contributed by atoms with van der Waals surface area (Å²) in [5.74, 6) is -0.513. The average Bonchev–Trinajstić information content (AvgIpc) is 2.98. The molecule has 162 valence electrons. The number of methoxy groups -OCH3 is 1. The Labute approximate surface area is 168 Å². The van der Waals surface area contributed by atoms with Crippen molar-refractivity contribution in [2.45, 2.75) is 95.8 Å². The molecule has 0 aromatic rings. The highest BCUT2D eigenvalue weighted by atomic mass is 16.6. The third-order valence-electron chi connectivity index (χ3n) is 5.72. The minimum Gasteiger partial charge on any atom is -0.469 e. The van der Waals surface area contributed by atoms with E-state index < -0.39 is 18.2 Å². The topological polar surface area (TPSA) is 110 Å². The number of aliphatic hydroxyl groups is 2. The number of hydrogen-bond donors (Lipinski definition) is 2. The fourth-order valence-electron chi connectivity index (χ4n) is 4.11. The summed E-state index contributed by atoms with van der Waals surface area (Å²) in [6, 6.07) is -0.943. The van der Waals surface area contributed by atoms with Crippen LogP contribution in [0.4, 0.5) is 0 Å². The molecule has 7 heteroatoms. The number of esters is 1. The second-order valence-corrected chi connectivity index (χ2v) is 7.88. The fraction of sp³-hybridized carbons (Fsp3) is 0.857. The van der Waals surface area contributed by atoms with Gasteiger partial charge >= 0.3 is 5.97 Å². The van der Waals surface area contributed by atoms with E-state index in [1.54, 1.807) is 6.08 Å². The predicted octanol–water partition coefficient (Wildman–Crippen LogP) is 3.64. The van der Waals surface area contributed by atoms with Crippen LogP contribution in [0, 0.1) is 22.0 Å². The van der Waals surface area contributed by atoms with Gasteiger partial charge in [0.15, 0.2) is 0 Å². The maximum atomic E-state index is 11.4. The number of ether oxygens (including phenoxy) is 1. The van der Waals surface area contributed by atoms with E-state index in [2.05, 4.69) is 11.7 Å². The van der Waals surface area contributed by atoms with Gasteiger partial charge in [0.05, 0.1) is 13.2 Å². The number of hydrogen-bond acceptors (Lipinski definition) is 6. The molecule has 0 aromatic carbocycles.